The fourth-order valence-electron chi connectivity index (χ4n) is 2.18. The molecule has 0 aliphatic carbocycles. The Morgan fingerprint density at radius 1 is 1.20 bits per heavy atom. The Bertz CT molecular complexity index is 932. The molecule has 0 unspecified atom stereocenters. The van der Waals surface area contributed by atoms with E-state index < -0.39 is 17.5 Å². The molecule has 0 radical (unpaired) electrons. The highest BCUT2D eigenvalue weighted by molar-refractivity contribution is 5.52. The minimum Gasteiger partial charge on any atom is -0.390 e. The number of aliphatic hydroxyl groups excluding tert-OH is 1. The number of nitrogens with one attached hydrogen (secondary N) is 1. The van der Waals surface area contributed by atoms with Crippen molar-refractivity contribution in [1.29, 1.82) is 0 Å². The Morgan fingerprint density at radius 3 is 2.48 bits per heavy atom. The maximum atomic E-state index is 12.6. The van der Waals surface area contributed by atoms with Gasteiger partial charge in [-0.2, -0.15) is 13.2 Å². The molecule has 10 heteroatoms. The van der Waals surface area contributed by atoms with E-state index in [0.29, 0.717) is 11.3 Å². The number of aromatic nitrogens is 4. The van der Waals surface area contributed by atoms with Crippen molar-refractivity contribution in [3.05, 3.63) is 63.5 Å². The summed E-state index contributed by atoms with van der Waals surface area (Å²) >= 11 is 0. The van der Waals surface area contributed by atoms with Crippen LogP contribution in [0.2, 0.25) is 0 Å². The first-order valence-corrected chi connectivity index (χ1v) is 7.05. The molecule has 25 heavy (non-hydrogen) atoms. The summed E-state index contributed by atoms with van der Waals surface area (Å²) in [5, 5.41) is 12.7. The van der Waals surface area contributed by atoms with Crippen LogP contribution in [-0.2, 0) is 19.2 Å². The van der Waals surface area contributed by atoms with E-state index in [-0.39, 0.29) is 30.2 Å². The topological polar surface area (TPSA) is 105 Å². The zero-order valence-electron chi connectivity index (χ0n) is 12.5. The van der Waals surface area contributed by atoms with Crippen molar-refractivity contribution in [2.75, 3.05) is 0 Å². The molecule has 130 valence electrons. The minimum atomic E-state index is -4.41. The molecule has 0 amide bonds. The summed E-state index contributed by atoms with van der Waals surface area (Å²) in [6.07, 6.45) is -2.92. The van der Waals surface area contributed by atoms with E-state index in [2.05, 4.69) is 24.6 Å². The molecular weight excluding hydrogens is 341 g/mol. The number of benzene rings is 1. The van der Waals surface area contributed by atoms with Gasteiger partial charge in [0.2, 0.25) is 5.82 Å². The number of hydrogen-bond acceptors (Lipinski definition) is 6. The van der Waals surface area contributed by atoms with Crippen LogP contribution in [0.25, 0.3) is 11.5 Å². The van der Waals surface area contributed by atoms with Gasteiger partial charge in [0.05, 0.1) is 29.8 Å². The second-order valence-corrected chi connectivity index (χ2v) is 5.13. The van der Waals surface area contributed by atoms with Crippen molar-refractivity contribution in [3.63, 3.8) is 0 Å². The standard InChI is InChI=1S/C15H11F3N4O3/c16-15(17,18)9-3-1-8(2-4-9)5-11-12(13-21-14(24)25-22-13)20-10(7-23)6-19-11/h1-4,6,23H,5,7H2,(H,21,22,24). The molecule has 7 nitrogen and oxygen atoms in total. The molecule has 0 fully saturated rings. The first kappa shape index (κ1) is 16.8. The Kier molecular flexibility index (Phi) is 4.36. The lowest BCUT2D eigenvalue weighted by Crippen LogP contribution is -2.06. The average molecular weight is 352 g/mol. The van der Waals surface area contributed by atoms with E-state index in [9.17, 15) is 23.1 Å². The molecule has 0 aliphatic rings. The van der Waals surface area contributed by atoms with E-state index in [4.69, 9.17) is 0 Å². The van der Waals surface area contributed by atoms with Crippen LogP contribution in [0.15, 0.2) is 39.8 Å². The highest BCUT2D eigenvalue weighted by Crippen LogP contribution is 2.29. The number of rotatable bonds is 4. The highest BCUT2D eigenvalue weighted by Gasteiger charge is 2.30. The molecule has 0 bridgehead atoms. The molecule has 2 aromatic heterocycles. The number of H-pyrrole nitrogens is 1. The molecule has 2 N–H and O–H groups in total. The summed E-state index contributed by atoms with van der Waals surface area (Å²) in [7, 11) is 0. The van der Waals surface area contributed by atoms with Gasteiger partial charge < -0.3 is 5.11 Å². The van der Waals surface area contributed by atoms with Gasteiger partial charge >= 0.3 is 11.9 Å². The number of hydrogen-bond donors (Lipinski definition) is 2. The molecule has 3 rings (SSSR count). The van der Waals surface area contributed by atoms with E-state index in [1.807, 2.05) is 0 Å². The number of nitrogens with zero attached hydrogens (tertiary/aromatic N) is 3. The van der Waals surface area contributed by atoms with Gasteiger partial charge in [-0.15, -0.1) is 0 Å². The van der Waals surface area contributed by atoms with Crippen molar-refractivity contribution in [2.24, 2.45) is 0 Å². The quantitative estimate of drug-likeness (QED) is 0.743. The second-order valence-electron chi connectivity index (χ2n) is 5.13. The van der Waals surface area contributed by atoms with Gasteiger partial charge in [0, 0.05) is 6.42 Å². The summed E-state index contributed by atoms with van der Waals surface area (Å²) in [5.74, 6) is -0.763. The highest BCUT2D eigenvalue weighted by atomic mass is 19.4. The minimum absolute atomic E-state index is 0.0229. The summed E-state index contributed by atoms with van der Waals surface area (Å²) in [6, 6.07) is 4.62. The maximum Gasteiger partial charge on any atom is 0.439 e. The van der Waals surface area contributed by atoms with E-state index in [1.54, 1.807) is 0 Å². The smallest absolute Gasteiger partial charge is 0.390 e. The third-order valence-electron chi connectivity index (χ3n) is 3.38. The van der Waals surface area contributed by atoms with Crippen LogP contribution in [-0.4, -0.2) is 25.2 Å². The maximum absolute atomic E-state index is 12.6. The zero-order valence-corrected chi connectivity index (χ0v) is 12.5. The zero-order chi connectivity index (χ0) is 18.0. The van der Waals surface area contributed by atoms with Crippen molar-refractivity contribution >= 4 is 0 Å². The first-order valence-electron chi connectivity index (χ1n) is 7.05. The van der Waals surface area contributed by atoms with Crippen LogP contribution < -0.4 is 5.76 Å². The van der Waals surface area contributed by atoms with Crippen molar-refractivity contribution in [3.8, 4) is 11.5 Å². The normalized spacial score (nSPS) is 11.7. The lowest BCUT2D eigenvalue weighted by molar-refractivity contribution is -0.137. The summed E-state index contributed by atoms with van der Waals surface area (Å²) in [6.45, 7) is -0.372. The summed E-state index contributed by atoms with van der Waals surface area (Å²) < 4.78 is 42.3. The molecule has 1 aromatic carbocycles. The van der Waals surface area contributed by atoms with Crippen molar-refractivity contribution < 1.29 is 22.8 Å². The van der Waals surface area contributed by atoms with Gasteiger partial charge in [-0.05, 0) is 17.7 Å². The van der Waals surface area contributed by atoms with Crippen LogP contribution in [0.5, 0.6) is 0 Å². The SMILES string of the molecule is O=c1[nH]c(-c2nc(CO)cnc2Cc2ccc(C(F)(F)F)cc2)no1. The molecule has 0 atom stereocenters. The van der Waals surface area contributed by atoms with Gasteiger partial charge in [0.25, 0.3) is 0 Å². The van der Waals surface area contributed by atoms with Crippen LogP contribution in [0.4, 0.5) is 13.2 Å². The third kappa shape index (κ3) is 3.74. The molecule has 0 saturated heterocycles. The predicted octanol–water partition coefficient (Wildman–Crippen LogP) is 1.92. The molecule has 2 heterocycles. The number of aliphatic hydroxyl groups is 1. The van der Waals surface area contributed by atoms with Crippen molar-refractivity contribution in [2.45, 2.75) is 19.2 Å². The van der Waals surface area contributed by atoms with Crippen LogP contribution >= 0.6 is 0 Å². The van der Waals surface area contributed by atoms with E-state index in [0.717, 1.165) is 12.1 Å². The number of aromatic amines is 1. The van der Waals surface area contributed by atoms with Gasteiger partial charge in [0.15, 0.2) is 0 Å². The molecule has 0 saturated carbocycles. The summed E-state index contributed by atoms with van der Waals surface area (Å²) in [4.78, 5) is 21.8. The largest absolute Gasteiger partial charge is 0.439 e. The van der Waals surface area contributed by atoms with Crippen LogP contribution in [0, 0.1) is 0 Å². The number of halogens is 3. The van der Waals surface area contributed by atoms with Crippen LogP contribution in [0.3, 0.4) is 0 Å². The first-order chi connectivity index (χ1) is 11.9. The third-order valence-corrected chi connectivity index (χ3v) is 3.38. The van der Waals surface area contributed by atoms with E-state index in [1.165, 1.54) is 18.3 Å². The lowest BCUT2D eigenvalue weighted by Gasteiger charge is -2.09. The van der Waals surface area contributed by atoms with Gasteiger partial charge in [-0.3, -0.25) is 14.5 Å². The van der Waals surface area contributed by atoms with Crippen molar-refractivity contribution in [1.82, 2.24) is 20.1 Å². The monoisotopic (exact) mass is 352 g/mol. The fourth-order valence-corrected chi connectivity index (χ4v) is 2.18. The molecular formula is C15H11F3N4O3. The molecule has 0 aliphatic heterocycles. The van der Waals surface area contributed by atoms with Crippen LogP contribution in [0.1, 0.15) is 22.5 Å². The van der Waals surface area contributed by atoms with Gasteiger partial charge in [0.1, 0.15) is 5.69 Å². The lowest BCUT2D eigenvalue weighted by atomic mass is 10.1. The van der Waals surface area contributed by atoms with Gasteiger partial charge in [-0.25, -0.2) is 9.78 Å². The predicted molar refractivity (Wildman–Crippen MR) is 78.3 cm³/mol. The Labute approximate surface area is 138 Å². The summed E-state index contributed by atoms with van der Waals surface area (Å²) in [5.41, 5.74) is 0.596. The number of alkyl halides is 3. The van der Waals surface area contributed by atoms with E-state index >= 15 is 0 Å². The van der Waals surface area contributed by atoms with Gasteiger partial charge in [-0.1, -0.05) is 17.3 Å². The Morgan fingerprint density at radius 2 is 1.92 bits per heavy atom. The second kappa shape index (κ2) is 6.48. The molecule has 3 aromatic rings. The Balaban J connectivity index is 1.96. The average Bonchev–Trinajstić information content (AvgIpc) is 3.01. The Hall–Kier alpha value is -3.01. The fraction of sp³-hybridized carbons (Fsp3) is 0.200. The molecule has 0 spiro atoms.